The summed E-state index contributed by atoms with van der Waals surface area (Å²) in [5.74, 6) is 0.00304. The summed E-state index contributed by atoms with van der Waals surface area (Å²) in [4.78, 5) is 16.6. The van der Waals surface area contributed by atoms with E-state index in [4.69, 9.17) is 20.9 Å². The summed E-state index contributed by atoms with van der Waals surface area (Å²) in [7, 11) is 1.57. The highest BCUT2D eigenvalue weighted by Crippen LogP contribution is 2.23. The number of aromatic nitrogens is 1. The van der Waals surface area contributed by atoms with Crippen molar-refractivity contribution < 1.29 is 23.7 Å². The molecule has 7 nitrogen and oxygen atoms in total. The zero-order valence-electron chi connectivity index (χ0n) is 15.4. The van der Waals surface area contributed by atoms with E-state index in [1.807, 2.05) is 5.48 Å². The molecule has 0 unspecified atom stereocenters. The second-order valence-electron chi connectivity index (χ2n) is 6.09. The summed E-state index contributed by atoms with van der Waals surface area (Å²) >= 11 is 5.75. The van der Waals surface area contributed by atoms with Crippen molar-refractivity contribution in [2.24, 2.45) is 4.99 Å². The van der Waals surface area contributed by atoms with Gasteiger partial charge in [-0.1, -0.05) is 28.9 Å². The standard InChI is InChI=1S/C20H17ClFN3O4/c1-28-15-5-2-12(3-6-15)8-14(26)10-19-16(11-29-25-19)20(24-27)23-13-4-7-18(22)17(21)9-13/h2-7,9,11,27H,8,10H2,1H3,(H,23,24). The lowest BCUT2D eigenvalue weighted by Crippen LogP contribution is -2.22. The third-order valence-corrected chi connectivity index (χ3v) is 4.36. The van der Waals surface area contributed by atoms with E-state index in [0.29, 0.717) is 22.7 Å². The molecule has 3 aromatic rings. The van der Waals surface area contributed by atoms with Crippen molar-refractivity contribution in [3.8, 4) is 5.75 Å². The Labute approximate surface area is 170 Å². The number of rotatable bonds is 7. The molecule has 3 rings (SSSR count). The van der Waals surface area contributed by atoms with E-state index in [0.717, 1.165) is 11.6 Å². The maximum atomic E-state index is 13.3. The van der Waals surface area contributed by atoms with Gasteiger partial charge in [0, 0.05) is 6.42 Å². The number of halogens is 2. The Balaban J connectivity index is 1.76. The van der Waals surface area contributed by atoms with Crippen LogP contribution in [-0.2, 0) is 17.6 Å². The molecular formula is C20H17ClFN3O4. The fraction of sp³-hybridized carbons (Fsp3) is 0.150. The van der Waals surface area contributed by atoms with E-state index in [1.54, 1.807) is 31.4 Å². The Bertz CT molecular complexity index is 1030. The van der Waals surface area contributed by atoms with Crippen LogP contribution in [-0.4, -0.2) is 29.1 Å². The van der Waals surface area contributed by atoms with Gasteiger partial charge in [0.05, 0.1) is 29.8 Å². The van der Waals surface area contributed by atoms with Crippen molar-refractivity contribution in [3.63, 3.8) is 0 Å². The summed E-state index contributed by atoms with van der Waals surface area (Å²) in [6, 6.07) is 11.0. The largest absolute Gasteiger partial charge is 0.497 e. The normalized spacial score (nSPS) is 11.4. The van der Waals surface area contributed by atoms with Gasteiger partial charge in [0.25, 0.3) is 0 Å². The average molecular weight is 418 g/mol. The lowest BCUT2D eigenvalue weighted by molar-refractivity contribution is -0.117. The number of hydrogen-bond acceptors (Lipinski definition) is 6. The number of benzene rings is 2. The fourth-order valence-corrected chi connectivity index (χ4v) is 2.80. The lowest BCUT2D eigenvalue weighted by atomic mass is 10.0. The predicted octanol–water partition coefficient (Wildman–Crippen LogP) is 3.89. The van der Waals surface area contributed by atoms with Crippen molar-refractivity contribution in [2.75, 3.05) is 7.11 Å². The van der Waals surface area contributed by atoms with Gasteiger partial charge in [0.1, 0.15) is 29.3 Å². The van der Waals surface area contributed by atoms with E-state index >= 15 is 0 Å². The van der Waals surface area contributed by atoms with Crippen LogP contribution in [0.5, 0.6) is 5.75 Å². The summed E-state index contributed by atoms with van der Waals surface area (Å²) in [6.45, 7) is 0. The number of methoxy groups -OCH3 is 1. The zero-order valence-corrected chi connectivity index (χ0v) is 16.1. The van der Waals surface area contributed by atoms with Gasteiger partial charge < -0.3 is 9.26 Å². The highest BCUT2D eigenvalue weighted by molar-refractivity contribution is 6.31. The number of nitrogens with one attached hydrogen (secondary N) is 1. The molecular weight excluding hydrogens is 401 g/mol. The molecule has 2 aromatic carbocycles. The maximum absolute atomic E-state index is 13.3. The fourth-order valence-electron chi connectivity index (χ4n) is 2.63. The topological polar surface area (TPSA) is 97.0 Å². The van der Waals surface area contributed by atoms with E-state index in [1.165, 1.54) is 18.4 Å². The SMILES string of the molecule is COc1ccc(CC(=O)Cc2nocc2C(=Nc2ccc(F)c(Cl)c2)NO)cc1. The average Bonchev–Trinajstić information content (AvgIpc) is 3.17. The molecule has 0 aliphatic rings. The Morgan fingerprint density at radius 1 is 1.28 bits per heavy atom. The van der Waals surface area contributed by atoms with Gasteiger partial charge >= 0.3 is 0 Å². The van der Waals surface area contributed by atoms with Gasteiger partial charge in [-0.05, 0) is 35.9 Å². The van der Waals surface area contributed by atoms with Crippen LogP contribution < -0.4 is 10.2 Å². The number of hydrogen-bond donors (Lipinski definition) is 2. The molecule has 0 atom stereocenters. The van der Waals surface area contributed by atoms with Gasteiger partial charge in [-0.15, -0.1) is 0 Å². The van der Waals surface area contributed by atoms with E-state index in [9.17, 15) is 14.4 Å². The van der Waals surface area contributed by atoms with Gasteiger partial charge in [-0.3, -0.25) is 15.5 Å². The minimum atomic E-state index is -0.584. The molecule has 0 aliphatic heterocycles. The molecule has 0 amide bonds. The Morgan fingerprint density at radius 2 is 2.03 bits per heavy atom. The maximum Gasteiger partial charge on any atom is 0.162 e. The third-order valence-electron chi connectivity index (χ3n) is 4.07. The van der Waals surface area contributed by atoms with Crippen molar-refractivity contribution in [3.05, 3.63) is 76.4 Å². The first kappa shape index (κ1) is 20.5. The first-order valence-electron chi connectivity index (χ1n) is 8.52. The summed E-state index contributed by atoms with van der Waals surface area (Å²) in [6.07, 6.45) is 1.43. The van der Waals surface area contributed by atoms with Crippen LogP contribution >= 0.6 is 11.6 Å². The first-order chi connectivity index (χ1) is 14.0. The number of amidine groups is 1. The van der Waals surface area contributed by atoms with Gasteiger partial charge in [0.2, 0.25) is 0 Å². The van der Waals surface area contributed by atoms with Crippen molar-refractivity contribution in [1.29, 1.82) is 0 Å². The zero-order chi connectivity index (χ0) is 20.8. The van der Waals surface area contributed by atoms with Crippen LogP contribution in [0.15, 0.2) is 58.2 Å². The predicted molar refractivity (Wildman–Crippen MR) is 104 cm³/mol. The van der Waals surface area contributed by atoms with Gasteiger partial charge in [0.15, 0.2) is 5.84 Å². The molecule has 1 aromatic heterocycles. The number of nitrogens with zero attached hydrogens (tertiary/aromatic N) is 2. The van der Waals surface area contributed by atoms with Crippen LogP contribution in [0.2, 0.25) is 5.02 Å². The van der Waals surface area contributed by atoms with Gasteiger partial charge in [-0.25, -0.2) is 9.38 Å². The number of hydroxylamine groups is 1. The third kappa shape index (κ3) is 5.18. The Morgan fingerprint density at radius 3 is 2.69 bits per heavy atom. The highest BCUT2D eigenvalue weighted by Gasteiger charge is 2.17. The van der Waals surface area contributed by atoms with Crippen LogP contribution in [0, 0.1) is 5.82 Å². The molecule has 0 fully saturated rings. The molecule has 9 heteroatoms. The number of aliphatic imine (C=N–C) groups is 1. The number of carbonyl (C=O) groups excluding carboxylic acids is 1. The number of Topliss-reactive ketones (excluding diaryl/α,β-unsaturated/α-hetero) is 1. The summed E-state index contributed by atoms with van der Waals surface area (Å²) in [5.41, 5.74) is 3.68. The summed E-state index contributed by atoms with van der Waals surface area (Å²) < 4.78 is 23.4. The quantitative estimate of drug-likeness (QED) is 0.344. The number of ether oxygens (including phenoxy) is 1. The monoisotopic (exact) mass is 417 g/mol. The molecule has 150 valence electrons. The van der Waals surface area contributed by atoms with E-state index < -0.39 is 5.82 Å². The van der Waals surface area contributed by atoms with Crippen LogP contribution in [0.25, 0.3) is 0 Å². The molecule has 29 heavy (non-hydrogen) atoms. The van der Waals surface area contributed by atoms with Crippen molar-refractivity contribution in [1.82, 2.24) is 10.6 Å². The Kier molecular flexibility index (Phi) is 6.58. The number of carbonyl (C=O) groups is 1. The molecule has 2 N–H and O–H groups in total. The minimum Gasteiger partial charge on any atom is -0.497 e. The van der Waals surface area contributed by atoms with Crippen molar-refractivity contribution in [2.45, 2.75) is 12.8 Å². The molecule has 0 spiro atoms. The highest BCUT2D eigenvalue weighted by atomic mass is 35.5. The molecule has 0 saturated carbocycles. The van der Waals surface area contributed by atoms with Crippen LogP contribution in [0.3, 0.4) is 0 Å². The van der Waals surface area contributed by atoms with E-state index in [-0.39, 0.29) is 29.5 Å². The molecule has 0 radical (unpaired) electrons. The first-order valence-corrected chi connectivity index (χ1v) is 8.90. The molecule has 0 aliphatic carbocycles. The lowest BCUT2D eigenvalue weighted by Gasteiger charge is -2.06. The van der Waals surface area contributed by atoms with Crippen molar-refractivity contribution >= 4 is 28.9 Å². The molecule has 0 saturated heterocycles. The number of ketones is 1. The second-order valence-corrected chi connectivity index (χ2v) is 6.49. The smallest absolute Gasteiger partial charge is 0.162 e. The Hall–Kier alpha value is -3.23. The molecule has 1 heterocycles. The molecule has 0 bridgehead atoms. The van der Waals surface area contributed by atoms with Crippen LogP contribution in [0.4, 0.5) is 10.1 Å². The van der Waals surface area contributed by atoms with Crippen LogP contribution in [0.1, 0.15) is 16.8 Å². The van der Waals surface area contributed by atoms with Gasteiger partial charge in [-0.2, -0.15) is 0 Å². The second kappa shape index (κ2) is 9.31. The summed E-state index contributed by atoms with van der Waals surface area (Å²) in [5, 5.41) is 13.2. The van der Waals surface area contributed by atoms with E-state index in [2.05, 4.69) is 10.1 Å². The minimum absolute atomic E-state index is 0.0128.